The number of carbonyl (C=O) groups is 2. The number of β-amino-alcohol motifs (C(OH)–C–C–N with tert-alkyl or cyclic N) is 1. The van der Waals surface area contributed by atoms with Gasteiger partial charge in [0.1, 0.15) is 5.82 Å². The Morgan fingerprint density at radius 3 is 2.04 bits per heavy atom. The first-order valence-corrected chi connectivity index (χ1v) is 8.72. The predicted octanol–water partition coefficient (Wildman–Crippen LogP) is 2.82. The van der Waals surface area contributed by atoms with Gasteiger partial charge >= 0.3 is 0 Å². The van der Waals surface area contributed by atoms with Crippen LogP contribution in [0.25, 0.3) is 5.82 Å². The van der Waals surface area contributed by atoms with E-state index in [-0.39, 0.29) is 18.4 Å². The maximum Gasteiger partial charge on any atom is 0.261 e. The average Bonchev–Trinajstić information content (AvgIpc) is 3.14. The summed E-state index contributed by atoms with van der Waals surface area (Å²) in [5, 5.41) is 10.5. The Balaban J connectivity index is 1.54. The van der Waals surface area contributed by atoms with Crippen molar-refractivity contribution in [2.24, 2.45) is 0 Å². The predicted molar refractivity (Wildman–Crippen MR) is 99.8 cm³/mol. The third-order valence-electron chi connectivity index (χ3n) is 4.89. The topological polar surface area (TPSA) is 75.4 Å². The summed E-state index contributed by atoms with van der Waals surface area (Å²) in [7, 11) is 0. The van der Waals surface area contributed by atoms with Gasteiger partial charge in [-0.15, -0.1) is 0 Å². The molecule has 2 amide bonds. The van der Waals surface area contributed by atoms with Crippen molar-refractivity contribution in [2.75, 3.05) is 6.54 Å². The van der Waals surface area contributed by atoms with Gasteiger partial charge in [-0.05, 0) is 44.2 Å². The number of benzene rings is 1. The average molecular weight is 361 g/mol. The number of aromatic nitrogens is 2. The first-order valence-electron chi connectivity index (χ1n) is 8.72. The van der Waals surface area contributed by atoms with Gasteiger partial charge in [-0.25, -0.2) is 4.98 Å². The molecule has 1 atom stereocenters. The molecule has 1 aliphatic rings. The molecule has 0 bridgehead atoms. The highest BCUT2D eigenvalue weighted by Gasteiger charge is 2.36. The molecule has 3 heterocycles. The maximum absolute atomic E-state index is 12.4. The van der Waals surface area contributed by atoms with Crippen molar-refractivity contribution in [3.8, 4) is 5.82 Å². The SMILES string of the molecule is Cc1ccc(C)n1-c1ccc([C@@H](O)CN2C(=O)c3ccccc3C2=O)cn1. The van der Waals surface area contributed by atoms with E-state index in [4.69, 9.17) is 0 Å². The van der Waals surface area contributed by atoms with Crippen LogP contribution in [0, 0.1) is 13.8 Å². The standard InChI is InChI=1S/C21H19N3O3/c1-13-7-8-14(2)24(13)19-10-9-15(11-22-19)18(25)12-23-20(26)16-5-3-4-6-17(16)21(23)27/h3-11,18,25H,12H2,1-2H3/t18-/m0/s1. The van der Waals surface area contributed by atoms with Gasteiger partial charge in [0.25, 0.3) is 11.8 Å². The highest BCUT2D eigenvalue weighted by Crippen LogP contribution is 2.25. The number of imide groups is 1. The lowest BCUT2D eigenvalue weighted by Crippen LogP contribution is -2.33. The van der Waals surface area contributed by atoms with Crippen LogP contribution < -0.4 is 0 Å². The number of nitrogens with zero attached hydrogens (tertiary/aromatic N) is 3. The lowest BCUT2D eigenvalue weighted by molar-refractivity contribution is 0.0543. The van der Waals surface area contributed by atoms with Crippen LogP contribution in [-0.4, -0.2) is 37.9 Å². The molecule has 6 heteroatoms. The number of rotatable bonds is 4. The molecular formula is C21H19N3O3. The van der Waals surface area contributed by atoms with Crippen LogP contribution in [0.5, 0.6) is 0 Å². The summed E-state index contributed by atoms with van der Waals surface area (Å²) < 4.78 is 2.01. The van der Waals surface area contributed by atoms with E-state index in [1.165, 1.54) is 0 Å². The third kappa shape index (κ3) is 2.84. The molecule has 4 rings (SSSR count). The molecule has 1 aromatic carbocycles. The minimum absolute atomic E-state index is 0.102. The van der Waals surface area contributed by atoms with Crippen molar-refractivity contribution in [3.05, 3.63) is 82.8 Å². The van der Waals surface area contributed by atoms with Crippen LogP contribution in [0.15, 0.2) is 54.7 Å². The molecule has 0 saturated carbocycles. The quantitative estimate of drug-likeness (QED) is 0.725. The van der Waals surface area contributed by atoms with E-state index in [2.05, 4.69) is 4.98 Å². The van der Waals surface area contributed by atoms with E-state index in [1.807, 2.05) is 36.6 Å². The minimum Gasteiger partial charge on any atom is -0.386 e. The summed E-state index contributed by atoms with van der Waals surface area (Å²) in [5.41, 5.74) is 3.44. The molecule has 136 valence electrons. The molecule has 0 radical (unpaired) electrons. The smallest absolute Gasteiger partial charge is 0.261 e. The van der Waals surface area contributed by atoms with Crippen molar-refractivity contribution in [1.82, 2.24) is 14.5 Å². The van der Waals surface area contributed by atoms with Crippen molar-refractivity contribution in [1.29, 1.82) is 0 Å². The highest BCUT2D eigenvalue weighted by molar-refractivity contribution is 6.21. The fourth-order valence-electron chi connectivity index (χ4n) is 3.44. The van der Waals surface area contributed by atoms with E-state index < -0.39 is 6.10 Å². The number of aliphatic hydroxyl groups is 1. The van der Waals surface area contributed by atoms with Crippen LogP contribution in [-0.2, 0) is 0 Å². The molecule has 0 unspecified atom stereocenters. The summed E-state index contributed by atoms with van der Waals surface area (Å²) in [5.74, 6) is 0.00215. The number of carbonyl (C=O) groups excluding carboxylic acids is 2. The molecule has 3 aromatic rings. The number of pyridine rings is 1. The number of hydrogen-bond acceptors (Lipinski definition) is 4. The van der Waals surface area contributed by atoms with Crippen LogP contribution in [0.3, 0.4) is 0 Å². The van der Waals surface area contributed by atoms with Crippen molar-refractivity contribution in [3.63, 3.8) is 0 Å². The Labute approximate surface area is 156 Å². The second-order valence-electron chi connectivity index (χ2n) is 6.68. The van der Waals surface area contributed by atoms with E-state index in [0.717, 1.165) is 22.1 Å². The first kappa shape index (κ1) is 17.2. The number of amides is 2. The molecule has 1 aliphatic heterocycles. The van der Waals surface area contributed by atoms with Gasteiger partial charge in [-0.3, -0.25) is 14.5 Å². The molecule has 6 nitrogen and oxygen atoms in total. The van der Waals surface area contributed by atoms with E-state index in [1.54, 1.807) is 36.5 Å². The normalized spacial score (nSPS) is 14.6. The summed E-state index contributed by atoms with van der Waals surface area (Å²) in [6.45, 7) is 3.90. The first-order chi connectivity index (χ1) is 13.0. The maximum atomic E-state index is 12.4. The summed E-state index contributed by atoms with van der Waals surface area (Å²) in [6.07, 6.45) is 0.581. The van der Waals surface area contributed by atoms with Gasteiger partial charge in [-0.2, -0.15) is 0 Å². The largest absolute Gasteiger partial charge is 0.386 e. The summed E-state index contributed by atoms with van der Waals surface area (Å²) >= 11 is 0. The third-order valence-corrected chi connectivity index (χ3v) is 4.89. The monoisotopic (exact) mass is 361 g/mol. The molecule has 1 N–H and O–H groups in total. The fraction of sp³-hybridized carbons (Fsp3) is 0.190. The van der Waals surface area contributed by atoms with Crippen molar-refractivity contribution < 1.29 is 14.7 Å². The lowest BCUT2D eigenvalue weighted by atomic mass is 10.1. The second-order valence-corrected chi connectivity index (χ2v) is 6.68. The fourth-order valence-corrected chi connectivity index (χ4v) is 3.44. The Kier molecular flexibility index (Phi) is 4.12. The zero-order valence-electron chi connectivity index (χ0n) is 15.1. The van der Waals surface area contributed by atoms with E-state index in [0.29, 0.717) is 16.7 Å². The van der Waals surface area contributed by atoms with E-state index >= 15 is 0 Å². The van der Waals surface area contributed by atoms with Gasteiger partial charge in [0.05, 0.1) is 23.8 Å². The lowest BCUT2D eigenvalue weighted by Gasteiger charge is -2.19. The van der Waals surface area contributed by atoms with Gasteiger partial charge in [0.2, 0.25) is 0 Å². The van der Waals surface area contributed by atoms with Crippen LogP contribution in [0.4, 0.5) is 0 Å². The highest BCUT2D eigenvalue weighted by atomic mass is 16.3. The molecule has 27 heavy (non-hydrogen) atoms. The number of fused-ring (bicyclic) bond motifs is 1. The van der Waals surface area contributed by atoms with Crippen LogP contribution in [0.1, 0.15) is 43.8 Å². The molecule has 0 spiro atoms. The summed E-state index contributed by atoms with van der Waals surface area (Å²) in [4.78, 5) is 30.4. The molecule has 2 aromatic heterocycles. The van der Waals surface area contributed by atoms with Crippen LogP contribution >= 0.6 is 0 Å². The molecular weight excluding hydrogens is 342 g/mol. The number of aryl methyl sites for hydroxylation is 2. The zero-order chi connectivity index (χ0) is 19.1. The van der Waals surface area contributed by atoms with Crippen molar-refractivity contribution in [2.45, 2.75) is 20.0 Å². The van der Waals surface area contributed by atoms with Crippen molar-refractivity contribution >= 4 is 11.8 Å². The molecule has 0 saturated heterocycles. The van der Waals surface area contributed by atoms with E-state index in [9.17, 15) is 14.7 Å². The minimum atomic E-state index is -0.999. The Morgan fingerprint density at radius 2 is 1.52 bits per heavy atom. The molecule has 0 fully saturated rings. The Bertz CT molecular complexity index is 983. The van der Waals surface area contributed by atoms with Gasteiger partial charge < -0.3 is 9.67 Å². The zero-order valence-corrected chi connectivity index (χ0v) is 15.1. The van der Waals surface area contributed by atoms with Gasteiger partial charge in [0, 0.05) is 23.1 Å². The number of hydrogen-bond donors (Lipinski definition) is 1. The second kappa shape index (κ2) is 6.48. The van der Waals surface area contributed by atoms with Crippen LogP contribution in [0.2, 0.25) is 0 Å². The number of aliphatic hydroxyl groups excluding tert-OH is 1. The molecule has 0 aliphatic carbocycles. The Morgan fingerprint density at radius 1 is 0.926 bits per heavy atom. The van der Waals surface area contributed by atoms with Gasteiger partial charge in [0.15, 0.2) is 0 Å². The summed E-state index contributed by atoms with van der Waals surface area (Å²) in [6, 6.07) is 14.3. The van der Waals surface area contributed by atoms with Gasteiger partial charge in [-0.1, -0.05) is 18.2 Å². The Hall–Kier alpha value is -3.25.